The van der Waals surface area contributed by atoms with Gasteiger partial charge in [-0.3, -0.25) is 4.79 Å². The number of rotatable bonds is 5. The third kappa shape index (κ3) is 3.01. The first-order valence-electron chi connectivity index (χ1n) is 6.67. The topological polar surface area (TPSA) is 64.4 Å². The van der Waals surface area contributed by atoms with E-state index in [1.807, 2.05) is 30.3 Å². The largest absolute Gasteiger partial charge is 0.496 e. The molecule has 0 aliphatic heterocycles. The lowest BCUT2D eigenvalue weighted by Crippen LogP contribution is -2.23. The van der Waals surface area contributed by atoms with Crippen LogP contribution >= 0.6 is 11.3 Å². The third-order valence-corrected chi connectivity index (χ3v) is 3.96. The predicted octanol–water partition coefficient (Wildman–Crippen LogP) is 3.34. The lowest BCUT2D eigenvalue weighted by molar-refractivity contribution is 0.0946. The Hall–Kier alpha value is -2.60. The van der Waals surface area contributed by atoms with Gasteiger partial charge in [-0.2, -0.15) is 0 Å². The molecule has 0 aliphatic carbocycles. The first-order valence-corrected chi connectivity index (χ1v) is 7.55. The molecule has 2 aromatic heterocycles. The van der Waals surface area contributed by atoms with Gasteiger partial charge in [-0.15, -0.1) is 11.3 Å². The van der Waals surface area contributed by atoms with E-state index in [1.165, 1.54) is 11.3 Å². The molecule has 0 aliphatic rings. The second kappa shape index (κ2) is 6.44. The van der Waals surface area contributed by atoms with E-state index < -0.39 is 0 Å². The molecule has 0 spiro atoms. The highest BCUT2D eigenvalue weighted by molar-refractivity contribution is 7.13. The van der Waals surface area contributed by atoms with Crippen molar-refractivity contribution >= 4 is 17.2 Å². The van der Waals surface area contributed by atoms with E-state index in [4.69, 9.17) is 9.15 Å². The van der Waals surface area contributed by atoms with Crippen LogP contribution in [0.15, 0.2) is 52.5 Å². The minimum atomic E-state index is -0.222. The molecular weight excluding hydrogens is 300 g/mol. The Bertz CT molecular complexity index is 765. The molecule has 1 amide bonds. The molecule has 0 radical (unpaired) electrons. The predicted molar refractivity (Wildman–Crippen MR) is 84.0 cm³/mol. The van der Waals surface area contributed by atoms with Gasteiger partial charge in [-0.1, -0.05) is 18.2 Å². The van der Waals surface area contributed by atoms with Crippen molar-refractivity contribution in [3.8, 4) is 16.5 Å². The van der Waals surface area contributed by atoms with Crippen molar-refractivity contribution in [3.05, 3.63) is 59.3 Å². The maximum absolute atomic E-state index is 12.2. The van der Waals surface area contributed by atoms with Gasteiger partial charge in [-0.25, -0.2) is 4.98 Å². The first-order chi connectivity index (χ1) is 10.8. The minimum Gasteiger partial charge on any atom is -0.496 e. The van der Waals surface area contributed by atoms with E-state index in [0.29, 0.717) is 23.0 Å². The van der Waals surface area contributed by atoms with Crippen molar-refractivity contribution in [3.63, 3.8) is 0 Å². The molecule has 6 heteroatoms. The molecule has 1 N–H and O–H groups in total. The highest BCUT2D eigenvalue weighted by atomic mass is 32.1. The number of carbonyl (C=O) groups excluding carboxylic acids is 1. The van der Waals surface area contributed by atoms with Gasteiger partial charge in [0.15, 0.2) is 10.8 Å². The Morgan fingerprint density at radius 3 is 2.95 bits per heavy atom. The summed E-state index contributed by atoms with van der Waals surface area (Å²) in [4.78, 5) is 16.5. The maximum Gasteiger partial charge on any atom is 0.271 e. The monoisotopic (exact) mass is 314 g/mol. The third-order valence-electron chi connectivity index (χ3n) is 3.10. The molecule has 3 rings (SSSR count). The van der Waals surface area contributed by atoms with Gasteiger partial charge in [0.1, 0.15) is 11.4 Å². The molecule has 5 nitrogen and oxygen atoms in total. The molecule has 0 saturated heterocycles. The molecule has 3 aromatic rings. The molecule has 0 fully saturated rings. The molecule has 0 unspecified atom stereocenters. The Kier molecular flexibility index (Phi) is 4.20. The van der Waals surface area contributed by atoms with E-state index in [2.05, 4.69) is 10.3 Å². The van der Waals surface area contributed by atoms with Crippen molar-refractivity contribution in [1.29, 1.82) is 0 Å². The number of ether oxygens (including phenoxy) is 1. The molecule has 1 aromatic carbocycles. The Morgan fingerprint density at radius 1 is 1.32 bits per heavy atom. The number of furan rings is 1. The zero-order valence-electron chi connectivity index (χ0n) is 11.9. The molecule has 112 valence electrons. The zero-order chi connectivity index (χ0) is 15.4. The number of nitrogens with zero attached hydrogens (tertiary/aromatic N) is 1. The van der Waals surface area contributed by atoms with E-state index >= 15 is 0 Å². The number of aromatic nitrogens is 1. The van der Waals surface area contributed by atoms with Crippen molar-refractivity contribution in [1.82, 2.24) is 10.3 Å². The van der Waals surface area contributed by atoms with Crippen LogP contribution in [-0.4, -0.2) is 18.0 Å². The van der Waals surface area contributed by atoms with Crippen LogP contribution in [0.3, 0.4) is 0 Å². The molecule has 0 bridgehead atoms. The molecule has 2 heterocycles. The number of nitrogens with one attached hydrogen (secondary N) is 1. The van der Waals surface area contributed by atoms with E-state index in [0.717, 1.165) is 11.3 Å². The van der Waals surface area contributed by atoms with Gasteiger partial charge >= 0.3 is 0 Å². The van der Waals surface area contributed by atoms with Gasteiger partial charge in [0.05, 0.1) is 13.4 Å². The Balaban J connectivity index is 1.67. The lowest BCUT2D eigenvalue weighted by Gasteiger charge is -2.08. The van der Waals surface area contributed by atoms with Crippen LogP contribution in [0, 0.1) is 0 Å². The van der Waals surface area contributed by atoms with Crippen LogP contribution in [0.2, 0.25) is 0 Å². The maximum atomic E-state index is 12.2. The Morgan fingerprint density at radius 2 is 2.18 bits per heavy atom. The molecule has 0 saturated carbocycles. The SMILES string of the molecule is COc1ccccc1CNC(=O)c1csc(-c2ccco2)n1. The number of carbonyl (C=O) groups is 1. The normalized spacial score (nSPS) is 10.4. The number of methoxy groups -OCH3 is 1. The number of hydrogen-bond acceptors (Lipinski definition) is 5. The summed E-state index contributed by atoms with van der Waals surface area (Å²) in [6.07, 6.45) is 1.58. The van der Waals surface area contributed by atoms with E-state index in [1.54, 1.807) is 24.8 Å². The number of benzene rings is 1. The fraction of sp³-hybridized carbons (Fsp3) is 0.125. The van der Waals surface area contributed by atoms with Crippen LogP contribution < -0.4 is 10.1 Å². The van der Waals surface area contributed by atoms with Crippen LogP contribution in [0.25, 0.3) is 10.8 Å². The summed E-state index contributed by atoms with van der Waals surface area (Å²) in [5.74, 6) is 1.19. The van der Waals surface area contributed by atoms with Crippen molar-refractivity contribution in [2.45, 2.75) is 6.54 Å². The van der Waals surface area contributed by atoms with Crippen LogP contribution in [0.1, 0.15) is 16.1 Å². The van der Waals surface area contributed by atoms with E-state index in [-0.39, 0.29) is 5.91 Å². The van der Waals surface area contributed by atoms with Crippen LogP contribution in [-0.2, 0) is 6.54 Å². The van der Waals surface area contributed by atoms with Crippen molar-refractivity contribution < 1.29 is 13.9 Å². The average molecular weight is 314 g/mol. The van der Waals surface area contributed by atoms with Crippen LogP contribution in [0.4, 0.5) is 0 Å². The van der Waals surface area contributed by atoms with Gasteiger partial charge in [0, 0.05) is 17.5 Å². The number of hydrogen-bond donors (Lipinski definition) is 1. The van der Waals surface area contributed by atoms with Gasteiger partial charge in [0.2, 0.25) is 0 Å². The molecule has 0 atom stereocenters. The summed E-state index contributed by atoms with van der Waals surface area (Å²) in [6.45, 7) is 0.385. The second-order valence-corrected chi connectivity index (χ2v) is 5.37. The first kappa shape index (κ1) is 14.3. The number of amides is 1. The smallest absolute Gasteiger partial charge is 0.271 e. The Labute approximate surface area is 131 Å². The molecular formula is C16H14N2O3S. The fourth-order valence-electron chi connectivity index (χ4n) is 2.01. The second-order valence-electron chi connectivity index (χ2n) is 4.51. The van der Waals surface area contributed by atoms with Crippen LogP contribution in [0.5, 0.6) is 5.75 Å². The number of para-hydroxylation sites is 1. The van der Waals surface area contributed by atoms with Crippen molar-refractivity contribution in [2.75, 3.05) is 7.11 Å². The van der Waals surface area contributed by atoms with Gasteiger partial charge in [-0.05, 0) is 18.2 Å². The summed E-state index contributed by atoms with van der Waals surface area (Å²) in [5.41, 5.74) is 1.30. The standard InChI is InChI=1S/C16H14N2O3S/c1-20-13-6-3-2-5-11(13)9-17-15(19)12-10-22-16(18-12)14-7-4-8-21-14/h2-8,10H,9H2,1H3,(H,17,19). The summed E-state index contributed by atoms with van der Waals surface area (Å²) in [5, 5.41) is 5.25. The van der Waals surface area contributed by atoms with E-state index in [9.17, 15) is 4.79 Å². The minimum absolute atomic E-state index is 0.222. The summed E-state index contributed by atoms with van der Waals surface area (Å²) >= 11 is 1.37. The van der Waals surface area contributed by atoms with Gasteiger partial charge in [0.25, 0.3) is 5.91 Å². The highest BCUT2D eigenvalue weighted by Gasteiger charge is 2.13. The summed E-state index contributed by atoms with van der Waals surface area (Å²) < 4.78 is 10.5. The summed E-state index contributed by atoms with van der Waals surface area (Å²) in [6, 6.07) is 11.2. The van der Waals surface area contributed by atoms with Gasteiger partial charge < -0.3 is 14.5 Å². The quantitative estimate of drug-likeness (QED) is 0.784. The average Bonchev–Trinajstić information content (AvgIpc) is 3.23. The van der Waals surface area contributed by atoms with Crippen molar-refractivity contribution in [2.24, 2.45) is 0 Å². The lowest BCUT2D eigenvalue weighted by atomic mass is 10.2. The summed E-state index contributed by atoms with van der Waals surface area (Å²) in [7, 11) is 1.61. The highest BCUT2D eigenvalue weighted by Crippen LogP contribution is 2.24. The number of thiazole rings is 1. The fourth-order valence-corrected chi connectivity index (χ4v) is 2.77. The zero-order valence-corrected chi connectivity index (χ0v) is 12.7. The molecule has 22 heavy (non-hydrogen) atoms.